The molecule has 2 saturated heterocycles. The molecule has 5 nitrogen and oxygen atoms in total. The molecule has 2 fully saturated rings. The number of β-amino-alcohol motifs (C(OH)–C–C–N with tert-alkyl or cyclic N) is 1. The Morgan fingerprint density at radius 2 is 1.83 bits per heavy atom. The van der Waals surface area contributed by atoms with Crippen molar-refractivity contribution >= 4 is 5.91 Å². The number of carbonyl (C=O) groups is 1. The summed E-state index contributed by atoms with van der Waals surface area (Å²) in [6, 6.07) is 5.87. The van der Waals surface area contributed by atoms with Crippen LogP contribution in [0.2, 0.25) is 0 Å². The number of aliphatic hydroxyl groups is 1. The molecule has 24 heavy (non-hydrogen) atoms. The number of carbonyl (C=O) groups excluding carboxylic acids is 1. The van der Waals surface area contributed by atoms with Crippen LogP contribution in [0.3, 0.4) is 0 Å². The van der Waals surface area contributed by atoms with Gasteiger partial charge in [-0.2, -0.15) is 0 Å². The largest absolute Gasteiger partial charge is 0.383 e. The molecule has 3 rings (SSSR count). The van der Waals surface area contributed by atoms with Gasteiger partial charge in [0.25, 0.3) is 0 Å². The number of amides is 1. The van der Waals surface area contributed by atoms with Gasteiger partial charge in [0.15, 0.2) is 0 Å². The summed E-state index contributed by atoms with van der Waals surface area (Å²) in [5.41, 5.74) is -1.08. The first kappa shape index (κ1) is 17.3. The molecule has 6 heteroatoms. The van der Waals surface area contributed by atoms with Gasteiger partial charge in [-0.1, -0.05) is 12.1 Å². The minimum Gasteiger partial charge on any atom is -0.383 e. The van der Waals surface area contributed by atoms with Crippen molar-refractivity contribution in [3.63, 3.8) is 0 Å². The Hall–Kier alpha value is -1.50. The second-order valence-electron chi connectivity index (χ2n) is 7.17. The molecule has 0 spiro atoms. The number of hydrogen-bond acceptors (Lipinski definition) is 4. The summed E-state index contributed by atoms with van der Waals surface area (Å²) < 4.78 is 18.5. The van der Waals surface area contributed by atoms with Crippen LogP contribution in [0.1, 0.15) is 25.8 Å². The van der Waals surface area contributed by atoms with Crippen LogP contribution in [0.15, 0.2) is 24.3 Å². The van der Waals surface area contributed by atoms with E-state index in [9.17, 15) is 14.3 Å². The standard InChI is InChI=1S/C18H25FN2O3/c1-17(2,21-9-11-24-12-10-21)16(22)20-8-7-18(23,13-20)14-3-5-15(19)6-4-14/h3-6,23H,7-13H2,1-2H3. The SMILES string of the molecule is CC(C)(C(=O)N1CCC(O)(c2ccc(F)cc2)C1)N1CCOCC1. The first-order chi connectivity index (χ1) is 11.3. The maximum Gasteiger partial charge on any atom is 0.242 e. The first-order valence-electron chi connectivity index (χ1n) is 8.43. The molecular formula is C18H25FN2O3. The summed E-state index contributed by atoms with van der Waals surface area (Å²) in [6.07, 6.45) is 0.462. The van der Waals surface area contributed by atoms with Crippen LogP contribution in [0.4, 0.5) is 4.39 Å². The van der Waals surface area contributed by atoms with Gasteiger partial charge in [-0.25, -0.2) is 4.39 Å². The first-order valence-corrected chi connectivity index (χ1v) is 8.43. The number of nitrogens with zero attached hydrogens (tertiary/aromatic N) is 2. The zero-order valence-corrected chi connectivity index (χ0v) is 14.3. The van der Waals surface area contributed by atoms with Gasteiger partial charge in [-0.15, -0.1) is 0 Å². The average molecular weight is 336 g/mol. The van der Waals surface area contributed by atoms with E-state index in [0.717, 1.165) is 13.1 Å². The van der Waals surface area contributed by atoms with E-state index in [1.54, 1.807) is 17.0 Å². The quantitative estimate of drug-likeness (QED) is 0.905. The van der Waals surface area contributed by atoms with Gasteiger partial charge < -0.3 is 14.7 Å². The zero-order chi connectivity index (χ0) is 17.4. The molecule has 1 atom stereocenters. The van der Waals surface area contributed by atoms with Gasteiger partial charge in [-0.3, -0.25) is 9.69 Å². The Morgan fingerprint density at radius 3 is 2.46 bits per heavy atom. The number of ether oxygens (including phenoxy) is 1. The third-order valence-corrected chi connectivity index (χ3v) is 5.24. The molecule has 0 bridgehead atoms. The van der Waals surface area contributed by atoms with Crippen molar-refractivity contribution in [1.29, 1.82) is 0 Å². The highest BCUT2D eigenvalue weighted by molar-refractivity contribution is 5.86. The lowest BCUT2D eigenvalue weighted by Gasteiger charge is -2.41. The van der Waals surface area contributed by atoms with Crippen LogP contribution >= 0.6 is 0 Å². The minimum absolute atomic E-state index is 0.0161. The summed E-state index contributed by atoms with van der Waals surface area (Å²) in [5, 5.41) is 10.9. The van der Waals surface area contributed by atoms with E-state index in [0.29, 0.717) is 31.7 Å². The van der Waals surface area contributed by atoms with E-state index < -0.39 is 11.1 Å². The molecule has 2 aliphatic rings. The van der Waals surface area contributed by atoms with E-state index in [1.807, 2.05) is 13.8 Å². The second kappa shape index (κ2) is 6.43. The van der Waals surface area contributed by atoms with E-state index in [2.05, 4.69) is 4.90 Å². The Morgan fingerprint density at radius 1 is 1.21 bits per heavy atom. The van der Waals surface area contributed by atoms with Crippen molar-refractivity contribution in [2.45, 2.75) is 31.4 Å². The van der Waals surface area contributed by atoms with Gasteiger partial charge in [0.2, 0.25) is 5.91 Å². The number of halogens is 1. The number of likely N-dealkylation sites (tertiary alicyclic amines) is 1. The van der Waals surface area contributed by atoms with E-state index >= 15 is 0 Å². The molecule has 2 aliphatic heterocycles. The molecule has 1 amide bonds. The molecule has 1 aromatic rings. The number of rotatable bonds is 3. The highest BCUT2D eigenvalue weighted by Crippen LogP contribution is 2.34. The van der Waals surface area contributed by atoms with Gasteiger partial charge in [-0.05, 0) is 38.0 Å². The fourth-order valence-electron chi connectivity index (χ4n) is 3.61. The van der Waals surface area contributed by atoms with Crippen LogP contribution in [0.5, 0.6) is 0 Å². The number of morpholine rings is 1. The molecule has 0 aromatic heterocycles. The van der Waals surface area contributed by atoms with E-state index in [-0.39, 0.29) is 18.3 Å². The Kier molecular flexibility index (Phi) is 4.64. The third kappa shape index (κ3) is 3.18. The maximum absolute atomic E-state index is 13.1. The predicted molar refractivity (Wildman–Crippen MR) is 88.0 cm³/mol. The summed E-state index contributed by atoms with van der Waals surface area (Å²) >= 11 is 0. The van der Waals surface area contributed by atoms with Crippen molar-refractivity contribution in [1.82, 2.24) is 9.80 Å². The molecule has 0 radical (unpaired) electrons. The lowest BCUT2D eigenvalue weighted by molar-refractivity contribution is -0.145. The van der Waals surface area contributed by atoms with Crippen molar-refractivity contribution < 1.29 is 19.0 Å². The normalized spacial score (nSPS) is 25.9. The highest BCUT2D eigenvalue weighted by atomic mass is 19.1. The van der Waals surface area contributed by atoms with Crippen LogP contribution in [0, 0.1) is 5.82 Å². The fraction of sp³-hybridized carbons (Fsp3) is 0.611. The minimum atomic E-state index is -1.11. The van der Waals surface area contributed by atoms with Gasteiger partial charge in [0, 0.05) is 19.6 Å². The molecule has 1 N–H and O–H groups in total. The van der Waals surface area contributed by atoms with E-state index in [4.69, 9.17) is 4.74 Å². The molecule has 0 aliphatic carbocycles. The fourth-order valence-corrected chi connectivity index (χ4v) is 3.61. The van der Waals surface area contributed by atoms with Crippen LogP contribution < -0.4 is 0 Å². The van der Waals surface area contributed by atoms with Crippen LogP contribution in [-0.4, -0.2) is 65.7 Å². The Bertz CT molecular complexity index is 599. The molecule has 0 saturated carbocycles. The molecular weight excluding hydrogens is 311 g/mol. The lowest BCUT2D eigenvalue weighted by atomic mass is 9.93. The Labute approximate surface area is 142 Å². The summed E-state index contributed by atoms with van der Waals surface area (Å²) in [6.45, 7) is 7.33. The van der Waals surface area contributed by atoms with Crippen molar-refractivity contribution in [2.24, 2.45) is 0 Å². The lowest BCUT2D eigenvalue weighted by Crippen LogP contribution is -2.58. The molecule has 132 valence electrons. The molecule has 2 heterocycles. The number of benzene rings is 1. The van der Waals surface area contributed by atoms with Crippen LogP contribution in [-0.2, 0) is 15.1 Å². The monoisotopic (exact) mass is 336 g/mol. The van der Waals surface area contributed by atoms with Crippen molar-refractivity contribution in [3.8, 4) is 0 Å². The predicted octanol–water partition coefficient (Wildman–Crippen LogP) is 1.36. The third-order valence-electron chi connectivity index (χ3n) is 5.24. The smallest absolute Gasteiger partial charge is 0.242 e. The topological polar surface area (TPSA) is 53.0 Å². The van der Waals surface area contributed by atoms with Crippen LogP contribution in [0.25, 0.3) is 0 Å². The summed E-state index contributed by atoms with van der Waals surface area (Å²) in [4.78, 5) is 16.9. The number of hydrogen-bond donors (Lipinski definition) is 1. The van der Waals surface area contributed by atoms with E-state index in [1.165, 1.54) is 12.1 Å². The zero-order valence-electron chi connectivity index (χ0n) is 14.3. The molecule has 1 aromatic carbocycles. The molecule has 1 unspecified atom stereocenters. The summed E-state index contributed by atoms with van der Waals surface area (Å²) in [5.74, 6) is -0.316. The average Bonchev–Trinajstić information content (AvgIpc) is 2.99. The summed E-state index contributed by atoms with van der Waals surface area (Å²) in [7, 11) is 0. The maximum atomic E-state index is 13.1. The van der Waals surface area contributed by atoms with Gasteiger partial charge in [0.05, 0.1) is 25.3 Å². The Balaban J connectivity index is 1.72. The second-order valence-corrected chi connectivity index (χ2v) is 7.17. The van der Waals surface area contributed by atoms with Gasteiger partial charge >= 0.3 is 0 Å². The highest BCUT2D eigenvalue weighted by Gasteiger charge is 2.45. The van der Waals surface area contributed by atoms with Crippen molar-refractivity contribution in [3.05, 3.63) is 35.6 Å². The van der Waals surface area contributed by atoms with Crippen molar-refractivity contribution in [2.75, 3.05) is 39.4 Å². The van der Waals surface area contributed by atoms with Gasteiger partial charge in [0.1, 0.15) is 11.4 Å².